The summed E-state index contributed by atoms with van der Waals surface area (Å²) in [6, 6.07) is 10.1. The number of nitrogens with one attached hydrogen (secondary N) is 1. The third-order valence-corrected chi connectivity index (χ3v) is 4.19. The van der Waals surface area contributed by atoms with Gasteiger partial charge in [0.1, 0.15) is 0 Å². The average molecular weight is 338 g/mol. The molecule has 0 spiro atoms. The highest BCUT2D eigenvalue weighted by atomic mass is 16.7. The van der Waals surface area contributed by atoms with E-state index >= 15 is 0 Å². The molecule has 4 rings (SSSR count). The summed E-state index contributed by atoms with van der Waals surface area (Å²) >= 11 is 0. The molecule has 0 aromatic heterocycles. The number of carbonyl (C=O) groups is 3. The highest BCUT2D eigenvalue weighted by Gasteiger charge is 2.35. The first-order valence-electron chi connectivity index (χ1n) is 7.68. The van der Waals surface area contributed by atoms with Crippen LogP contribution in [0.1, 0.15) is 26.3 Å². The van der Waals surface area contributed by atoms with Gasteiger partial charge in [0.25, 0.3) is 11.8 Å². The van der Waals surface area contributed by atoms with Gasteiger partial charge in [-0.15, -0.1) is 0 Å². The van der Waals surface area contributed by atoms with Crippen molar-refractivity contribution < 1.29 is 23.9 Å². The molecule has 2 aromatic carbocycles. The van der Waals surface area contributed by atoms with E-state index in [9.17, 15) is 14.4 Å². The fourth-order valence-electron chi connectivity index (χ4n) is 2.94. The summed E-state index contributed by atoms with van der Waals surface area (Å²) in [7, 11) is 1.42. The van der Waals surface area contributed by atoms with Gasteiger partial charge in [-0.25, -0.2) is 0 Å². The first kappa shape index (κ1) is 15.2. The minimum atomic E-state index is -0.418. The first-order chi connectivity index (χ1) is 12.0. The predicted octanol–water partition coefficient (Wildman–Crippen LogP) is 1.82. The molecule has 0 radical (unpaired) electrons. The van der Waals surface area contributed by atoms with Crippen LogP contribution in [0.4, 0.5) is 5.69 Å². The molecule has 0 unspecified atom stereocenters. The molecule has 7 nitrogen and oxygen atoms in total. The standard InChI is InChI=1S/C18H14N2O5/c1-20-17(22)11-3-2-4-12(16(11)18(20)23)19-15(21)8-10-5-6-13-14(7-10)25-9-24-13/h2-7H,8-9H2,1H3,(H,19,21). The van der Waals surface area contributed by atoms with Crippen LogP contribution in [0, 0.1) is 0 Å². The summed E-state index contributed by atoms with van der Waals surface area (Å²) in [5.74, 6) is 0.179. The number of imide groups is 1. The summed E-state index contributed by atoms with van der Waals surface area (Å²) in [6.45, 7) is 0.171. The third-order valence-electron chi connectivity index (χ3n) is 4.19. The van der Waals surface area contributed by atoms with E-state index in [1.165, 1.54) is 7.05 Å². The van der Waals surface area contributed by atoms with Crippen LogP contribution in [0.15, 0.2) is 36.4 Å². The number of carbonyl (C=O) groups excluding carboxylic acids is 3. The fraction of sp³-hybridized carbons (Fsp3) is 0.167. The third kappa shape index (κ3) is 2.50. The van der Waals surface area contributed by atoms with Crippen molar-refractivity contribution >= 4 is 23.4 Å². The number of ether oxygens (including phenoxy) is 2. The van der Waals surface area contributed by atoms with E-state index < -0.39 is 5.91 Å². The van der Waals surface area contributed by atoms with Crippen LogP contribution < -0.4 is 14.8 Å². The zero-order valence-corrected chi connectivity index (χ0v) is 13.4. The van der Waals surface area contributed by atoms with Gasteiger partial charge >= 0.3 is 0 Å². The average Bonchev–Trinajstić information content (AvgIpc) is 3.14. The second kappa shape index (κ2) is 5.62. The lowest BCUT2D eigenvalue weighted by Gasteiger charge is -2.09. The fourth-order valence-corrected chi connectivity index (χ4v) is 2.94. The molecule has 126 valence electrons. The number of nitrogens with zero attached hydrogens (tertiary/aromatic N) is 1. The minimum absolute atomic E-state index is 0.109. The van der Waals surface area contributed by atoms with E-state index in [0.717, 1.165) is 10.5 Å². The van der Waals surface area contributed by atoms with Crippen molar-refractivity contribution in [2.75, 3.05) is 19.2 Å². The Morgan fingerprint density at radius 2 is 1.92 bits per heavy atom. The predicted molar refractivity (Wildman–Crippen MR) is 87.8 cm³/mol. The summed E-state index contributed by atoms with van der Waals surface area (Å²) in [5, 5.41) is 2.72. The summed E-state index contributed by atoms with van der Waals surface area (Å²) in [5.41, 5.74) is 1.63. The minimum Gasteiger partial charge on any atom is -0.454 e. The molecule has 0 bridgehead atoms. The quantitative estimate of drug-likeness (QED) is 0.863. The van der Waals surface area contributed by atoms with E-state index in [1.807, 2.05) is 0 Å². The molecular formula is C18H14N2O5. The van der Waals surface area contributed by atoms with Crippen LogP contribution in [-0.4, -0.2) is 36.5 Å². The second-order valence-corrected chi connectivity index (χ2v) is 5.81. The first-order valence-corrected chi connectivity index (χ1v) is 7.68. The topological polar surface area (TPSA) is 84.9 Å². The molecule has 0 saturated heterocycles. The molecule has 1 N–H and O–H groups in total. The lowest BCUT2D eigenvalue weighted by Crippen LogP contribution is -2.24. The van der Waals surface area contributed by atoms with E-state index in [1.54, 1.807) is 36.4 Å². The molecule has 0 fully saturated rings. The SMILES string of the molecule is CN1C(=O)c2cccc(NC(=O)Cc3ccc4c(c3)OCO4)c2C1=O. The van der Waals surface area contributed by atoms with E-state index in [-0.39, 0.29) is 30.6 Å². The van der Waals surface area contributed by atoms with Gasteiger partial charge < -0.3 is 14.8 Å². The van der Waals surface area contributed by atoms with Crippen LogP contribution in [0.3, 0.4) is 0 Å². The molecule has 2 aliphatic rings. The van der Waals surface area contributed by atoms with E-state index in [4.69, 9.17) is 9.47 Å². The van der Waals surface area contributed by atoms with Gasteiger partial charge in [0.15, 0.2) is 11.5 Å². The van der Waals surface area contributed by atoms with Crippen LogP contribution in [0.5, 0.6) is 11.5 Å². The second-order valence-electron chi connectivity index (χ2n) is 5.81. The smallest absolute Gasteiger partial charge is 0.263 e. The van der Waals surface area contributed by atoms with Gasteiger partial charge in [0.2, 0.25) is 12.7 Å². The van der Waals surface area contributed by atoms with Gasteiger partial charge in [-0.05, 0) is 29.8 Å². The van der Waals surface area contributed by atoms with Crippen molar-refractivity contribution in [3.05, 3.63) is 53.1 Å². The van der Waals surface area contributed by atoms with Gasteiger partial charge in [-0.2, -0.15) is 0 Å². The lowest BCUT2D eigenvalue weighted by atomic mass is 10.1. The van der Waals surface area contributed by atoms with Crippen molar-refractivity contribution in [3.8, 4) is 11.5 Å². The lowest BCUT2D eigenvalue weighted by molar-refractivity contribution is -0.115. The molecular weight excluding hydrogens is 324 g/mol. The van der Waals surface area contributed by atoms with Crippen LogP contribution in [-0.2, 0) is 11.2 Å². The molecule has 2 heterocycles. The number of anilines is 1. The Kier molecular flexibility index (Phi) is 3.42. The molecule has 0 atom stereocenters. The molecule has 2 aliphatic heterocycles. The van der Waals surface area contributed by atoms with Crippen molar-refractivity contribution in [2.45, 2.75) is 6.42 Å². The maximum absolute atomic E-state index is 12.4. The van der Waals surface area contributed by atoms with E-state index in [2.05, 4.69) is 5.32 Å². The number of benzene rings is 2. The van der Waals surface area contributed by atoms with Crippen molar-refractivity contribution in [1.29, 1.82) is 0 Å². The molecule has 2 aromatic rings. The van der Waals surface area contributed by atoms with Crippen LogP contribution >= 0.6 is 0 Å². The highest BCUT2D eigenvalue weighted by Crippen LogP contribution is 2.33. The normalized spacial score (nSPS) is 14.7. The zero-order valence-electron chi connectivity index (χ0n) is 13.4. The number of amides is 3. The number of rotatable bonds is 3. The largest absolute Gasteiger partial charge is 0.454 e. The van der Waals surface area contributed by atoms with Gasteiger partial charge in [0, 0.05) is 7.05 Å². The van der Waals surface area contributed by atoms with Crippen molar-refractivity contribution in [2.24, 2.45) is 0 Å². The number of hydrogen-bond donors (Lipinski definition) is 1. The summed E-state index contributed by atoms with van der Waals surface area (Å²) in [6.07, 6.45) is 0.109. The Morgan fingerprint density at radius 1 is 1.12 bits per heavy atom. The maximum Gasteiger partial charge on any atom is 0.263 e. The van der Waals surface area contributed by atoms with Crippen LogP contribution in [0.25, 0.3) is 0 Å². The monoisotopic (exact) mass is 338 g/mol. The molecule has 0 aliphatic carbocycles. The number of fused-ring (bicyclic) bond motifs is 2. The Bertz CT molecular complexity index is 922. The molecule has 0 saturated carbocycles. The number of hydrogen-bond acceptors (Lipinski definition) is 5. The maximum atomic E-state index is 12.4. The highest BCUT2D eigenvalue weighted by molar-refractivity contribution is 6.24. The Morgan fingerprint density at radius 3 is 2.76 bits per heavy atom. The summed E-state index contributed by atoms with van der Waals surface area (Å²) in [4.78, 5) is 37.6. The van der Waals surface area contributed by atoms with Crippen molar-refractivity contribution in [1.82, 2.24) is 4.90 Å². The summed E-state index contributed by atoms with van der Waals surface area (Å²) < 4.78 is 10.5. The molecule has 25 heavy (non-hydrogen) atoms. The molecule has 3 amide bonds. The Hall–Kier alpha value is -3.35. The molecule has 7 heteroatoms. The van der Waals surface area contributed by atoms with Crippen LogP contribution in [0.2, 0.25) is 0 Å². The Labute approximate surface area is 143 Å². The van der Waals surface area contributed by atoms with Crippen molar-refractivity contribution in [3.63, 3.8) is 0 Å². The Balaban J connectivity index is 1.55. The zero-order chi connectivity index (χ0) is 17.6. The van der Waals surface area contributed by atoms with Gasteiger partial charge in [-0.1, -0.05) is 12.1 Å². The van der Waals surface area contributed by atoms with Gasteiger partial charge in [-0.3, -0.25) is 19.3 Å². The van der Waals surface area contributed by atoms with Gasteiger partial charge in [0.05, 0.1) is 23.2 Å². The van der Waals surface area contributed by atoms with E-state index in [0.29, 0.717) is 22.7 Å².